The van der Waals surface area contributed by atoms with Gasteiger partial charge in [0.25, 0.3) is 23.6 Å². The number of rotatable bonds is 16. The van der Waals surface area contributed by atoms with Crippen LogP contribution in [0.3, 0.4) is 0 Å². The van der Waals surface area contributed by atoms with Crippen molar-refractivity contribution in [1.82, 2.24) is 79.7 Å². The van der Waals surface area contributed by atoms with E-state index >= 15 is 0 Å². The second-order valence-electron chi connectivity index (χ2n) is 31.3. The van der Waals surface area contributed by atoms with Gasteiger partial charge < -0.3 is 18.1 Å². The predicted octanol–water partition coefficient (Wildman–Crippen LogP) is 29.6. The molecule has 12 aromatic heterocycles. The molecule has 0 N–H and O–H groups in total. The lowest BCUT2D eigenvalue weighted by molar-refractivity contribution is 0.401. The summed E-state index contributed by atoms with van der Waals surface area (Å²) in [6.07, 6.45) is 8.89. The van der Waals surface area contributed by atoms with Crippen molar-refractivity contribution in [2.75, 3.05) is 0 Å². The lowest BCUT2D eigenvalue weighted by atomic mass is 9.96. The second-order valence-corrected chi connectivity index (χ2v) is 40.5. The van der Waals surface area contributed by atoms with Gasteiger partial charge in [-0.25, -0.2) is 18.7 Å². The van der Waals surface area contributed by atoms with Crippen LogP contribution in [0, 0.1) is 45.0 Å². The van der Waals surface area contributed by atoms with Crippen molar-refractivity contribution < 1.29 is 18.1 Å². The van der Waals surface area contributed by atoms with Gasteiger partial charge in [0.05, 0.1) is 93.8 Å². The topological polar surface area (TPSA) is 227 Å². The molecule has 0 unspecified atom stereocenters. The van der Waals surface area contributed by atoms with E-state index in [0.29, 0.717) is 122 Å². The summed E-state index contributed by atoms with van der Waals surface area (Å²) in [6.45, 7) is 36.6. The molecule has 16 aromatic rings. The van der Waals surface area contributed by atoms with Crippen LogP contribution in [0.15, 0.2) is 155 Å². The smallest absolute Gasteiger partial charge is 0.278 e. The van der Waals surface area contributed by atoms with E-state index in [1.54, 1.807) is 98.6 Å². The van der Waals surface area contributed by atoms with E-state index in [9.17, 15) is 0 Å². The average Bonchev–Trinajstić information content (AvgIpc) is 1.62. The van der Waals surface area contributed by atoms with E-state index in [0.717, 1.165) is 100 Å². The molecule has 12 heterocycles. The van der Waals surface area contributed by atoms with Gasteiger partial charge in [0, 0.05) is 80.7 Å². The van der Waals surface area contributed by atoms with Crippen LogP contribution >= 0.6 is 154 Å². The number of halogens is 9. The Morgan fingerprint density at radius 1 is 0.418 bits per heavy atom. The summed E-state index contributed by atoms with van der Waals surface area (Å²) in [7, 11) is 0. The van der Waals surface area contributed by atoms with Crippen LogP contribution in [0.2, 0.25) is 40.2 Å². The summed E-state index contributed by atoms with van der Waals surface area (Å²) >= 11 is 60.7. The van der Waals surface area contributed by atoms with Crippen LogP contribution in [-0.2, 0) is 17.3 Å². The van der Waals surface area contributed by atoms with Crippen LogP contribution in [-0.4, -0.2) is 79.7 Å². The zero-order chi connectivity index (χ0) is 87.7. The Hall–Kier alpha value is -9.08. The molecule has 0 aliphatic rings. The fourth-order valence-corrected chi connectivity index (χ4v) is 18.8. The molecule has 0 amide bonds. The molecule has 16 rings (SSSR count). The fraction of sp³-hybridized carbons (Fsp3) is 0.258. The van der Waals surface area contributed by atoms with Crippen molar-refractivity contribution in [1.29, 1.82) is 0 Å². The number of hydrogen-bond donors (Lipinski definition) is 0. The summed E-state index contributed by atoms with van der Waals surface area (Å²) in [4.78, 5) is 25.7. The Balaban J connectivity index is 0.000000141. The third kappa shape index (κ3) is 20.3. The highest BCUT2D eigenvalue weighted by atomic mass is 79.9. The van der Waals surface area contributed by atoms with Gasteiger partial charge in [-0.1, -0.05) is 200 Å². The second kappa shape index (κ2) is 37.8. The van der Waals surface area contributed by atoms with Crippen LogP contribution in [0.4, 0.5) is 0 Å². The molecule has 0 saturated carbocycles. The summed E-state index contributed by atoms with van der Waals surface area (Å²) in [5.41, 5.74) is 12.2. The molecule has 0 spiro atoms. The summed E-state index contributed by atoms with van der Waals surface area (Å²) in [5, 5.41) is 40.0. The van der Waals surface area contributed by atoms with Gasteiger partial charge in [-0.2, -0.15) is 40.3 Å². The molecular weight excluding hydrogens is 1850 g/mol. The lowest BCUT2D eigenvalue weighted by Crippen LogP contribution is -2.13. The SMILES string of the molecule is C/C=C/c1ccc(-c2c(C)c(-c3nc(C(C)(C)C)no3)nn2-c2ccc(Cl)cc2Cl)s1.C/C=C/c1ccc(-c2c(C)c(-c3nc(C(C)C)no3)nn2-c2ccc(Cl)cc2Cl)s1.CCc1noc(-c2nn(-c3ccc(Cl)cc3Cl)c(-c3ccc(Br)s3)c2C)n1.Cc1c(-c2nc(C(C)(C)C)no2)nn(-c2ccc(Cl)cc2Cl)c1-c1ccc(C#CC(C)(C)C)s1. The number of benzene rings is 4. The molecule has 0 fully saturated rings. The zero-order valence-corrected chi connectivity index (χ0v) is 80.4. The van der Waals surface area contributed by atoms with E-state index in [2.05, 4.69) is 132 Å². The number of thiophene rings is 4. The van der Waals surface area contributed by atoms with E-state index in [4.69, 9.17) is 131 Å². The van der Waals surface area contributed by atoms with E-state index in [1.165, 1.54) is 0 Å². The third-order valence-electron chi connectivity index (χ3n) is 18.4. The quantitative estimate of drug-likeness (QED) is 0.0819. The summed E-state index contributed by atoms with van der Waals surface area (Å²) < 4.78 is 30.5. The minimum atomic E-state index is -0.241. The molecule has 628 valence electrons. The Kier molecular flexibility index (Phi) is 28.1. The monoisotopic (exact) mass is 1920 g/mol. The highest BCUT2D eigenvalue weighted by Crippen LogP contribution is 2.46. The molecule has 0 aliphatic carbocycles. The first-order valence-electron chi connectivity index (χ1n) is 38.3. The Bertz CT molecular complexity index is 6640. The molecule has 122 heavy (non-hydrogen) atoms. The molecular formula is C89H81BrCl8N16O4S4. The first-order valence-corrected chi connectivity index (χ1v) is 45.4. The van der Waals surface area contributed by atoms with E-state index in [1.807, 2.05) is 173 Å². The van der Waals surface area contributed by atoms with Crippen molar-refractivity contribution in [3.8, 4) is 123 Å². The fourth-order valence-electron chi connectivity index (χ4n) is 12.3. The number of aryl methyl sites for hydroxylation is 1. The number of aromatic nitrogens is 16. The molecule has 0 aliphatic heterocycles. The van der Waals surface area contributed by atoms with Crippen molar-refractivity contribution in [3.05, 3.63) is 238 Å². The first-order chi connectivity index (χ1) is 57.9. The van der Waals surface area contributed by atoms with Gasteiger partial charge in [0.15, 0.2) is 46.1 Å². The summed E-state index contributed by atoms with van der Waals surface area (Å²) in [5.74, 6) is 10.8. The standard InChI is InChI=1S/C26H26Cl2N4OS.C23H22Cl2N4OS.C22H20Cl2N4OS.C18H13BrCl2N4OS/c1-15-21(23-29-24(31-33-23)26(5,6)7)30-32(19-10-8-16(27)14-18(19)28)22(15)20-11-9-17(34-20)12-13-25(2,3)4;1-6-7-15-9-11-18(31-15)20-13(2)19(21-26-22(28-30-21)23(3,4)5)27-29(20)17-10-8-14(24)12-16(17)25;1-5-6-15-8-10-18(30-15)20-13(4)19(22-25-21(12(2)3)27-29-22)26-28(20)17-9-7-14(23)11-16(17)24;1-3-15-22-18(26-24-15)16-9(2)17(13-6-7-14(19)27-13)25(23-16)12-5-4-10(20)8-11(12)21/h8-11,14H,1-7H3;6-12H,1-5H3;5-12H,1-4H3;4-8H,3H2,1-2H3/b;7-6+;6-5+;. The molecule has 33 heteroatoms. The van der Waals surface area contributed by atoms with Gasteiger partial charge in [-0.05, 0) is 212 Å². The largest absolute Gasteiger partial charge is 0.332 e. The normalized spacial score (nSPS) is 11.9. The van der Waals surface area contributed by atoms with Gasteiger partial charge >= 0.3 is 0 Å². The van der Waals surface area contributed by atoms with Crippen molar-refractivity contribution in [2.24, 2.45) is 5.41 Å². The van der Waals surface area contributed by atoms with Gasteiger partial charge in [-0.15, -0.1) is 45.3 Å². The van der Waals surface area contributed by atoms with Crippen LogP contribution < -0.4 is 0 Å². The van der Waals surface area contributed by atoms with Crippen molar-refractivity contribution in [2.45, 2.75) is 148 Å². The number of allylic oxidation sites excluding steroid dienone is 2. The van der Waals surface area contributed by atoms with Crippen molar-refractivity contribution in [3.63, 3.8) is 0 Å². The highest BCUT2D eigenvalue weighted by molar-refractivity contribution is 9.11. The maximum absolute atomic E-state index is 6.58. The van der Waals surface area contributed by atoms with Crippen LogP contribution in [0.25, 0.3) is 124 Å². The Morgan fingerprint density at radius 2 is 0.754 bits per heavy atom. The Labute approximate surface area is 771 Å². The maximum Gasteiger partial charge on any atom is 0.278 e. The molecule has 4 aromatic carbocycles. The zero-order valence-electron chi connectivity index (χ0n) is 69.5. The number of nitrogens with zero attached hydrogens (tertiary/aromatic N) is 16. The lowest BCUT2D eigenvalue weighted by Gasteiger charge is -2.10. The van der Waals surface area contributed by atoms with Gasteiger partial charge in [-0.3, -0.25) is 0 Å². The molecule has 0 saturated heterocycles. The third-order valence-corrected chi connectivity index (χ3v) is 25.3. The van der Waals surface area contributed by atoms with E-state index in [-0.39, 0.29) is 22.2 Å². The Morgan fingerprint density at radius 3 is 1.07 bits per heavy atom. The minimum Gasteiger partial charge on any atom is -0.332 e. The summed E-state index contributed by atoms with van der Waals surface area (Å²) in [6, 6.07) is 37.9. The molecule has 20 nitrogen and oxygen atoms in total. The van der Waals surface area contributed by atoms with E-state index < -0.39 is 0 Å². The maximum atomic E-state index is 6.58. The van der Waals surface area contributed by atoms with Crippen LogP contribution in [0.5, 0.6) is 0 Å². The van der Waals surface area contributed by atoms with Crippen LogP contribution in [0.1, 0.15) is 163 Å². The van der Waals surface area contributed by atoms with Gasteiger partial charge in [0.2, 0.25) is 0 Å². The van der Waals surface area contributed by atoms with Crippen molar-refractivity contribution >= 4 is 166 Å². The molecule has 0 radical (unpaired) electrons. The predicted molar refractivity (Wildman–Crippen MR) is 504 cm³/mol. The minimum absolute atomic E-state index is 0.0748. The van der Waals surface area contributed by atoms with Gasteiger partial charge in [0.1, 0.15) is 0 Å². The average molecular weight is 1930 g/mol. The highest BCUT2D eigenvalue weighted by Gasteiger charge is 2.32. The molecule has 0 atom stereocenters. The number of hydrogen-bond acceptors (Lipinski definition) is 20. The molecule has 0 bridgehead atoms. The first kappa shape index (κ1) is 90.6.